The minimum Gasteiger partial charge on any atom is -0.343 e. The van der Waals surface area contributed by atoms with Crippen LogP contribution in [0.5, 0.6) is 0 Å². The first-order chi connectivity index (χ1) is 17.0. The van der Waals surface area contributed by atoms with Crippen molar-refractivity contribution in [3.8, 4) is 11.4 Å². The molecule has 2 aliphatic rings. The van der Waals surface area contributed by atoms with E-state index in [9.17, 15) is 9.59 Å². The van der Waals surface area contributed by atoms with Gasteiger partial charge in [-0.15, -0.1) is 0 Å². The lowest BCUT2D eigenvalue weighted by atomic mass is 9.97. The Hall–Kier alpha value is -3.26. The van der Waals surface area contributed by atoms with Gasteiger partial charge in [-0.05, 0) is 49.8 Å². The zero-order chi connectivity index (χ0) is 24.4. The van der Waals surface area contributed by atoms with E-state index in [1.54, 1.807) is 19.3 Å². The van der Waals surface area contributed by atoms with E-state index in [0.29, 0.717) is 28.9 Å². The van der Waals surface area contributed by atoms with Gasteiger partial charge in [0.25, 0.3) is 5.91 Å². The normalized spacial score (nSPS) is 18.7. The summed E-state index contributed by atoms with van der Waals surface area (Å²) in [4.78, 5) is 38.0. The Morgan fingerprint density at radius 1 is 1.11 bits per heavy atom. The fourth-order valence-corrected chi connectivity index (χ4v) is 5.27. The van der Waals surface area contributed by atoms with Crippen molar-refractivity contribution in [2.24, 2.45) is 5.92 Å². The van der Waals surface area contributed by atoms with Crippen molar-refractivity contribution in [1.29, 1.82) is 0 Å². The molecule has 0 bridgehead atoms. The molecule has 2 amide bonds. The number of benzene rings is 1. The van der Waals surface area contributed by atoms with E-state index >= 15 is 0 Å². The summed E-state index contributed by atoms with van der Waals surface area (Å²) in [5, 5.41) is 5.10. The Labute approximate surface area is 209 Å². The highest BCUT2D eigenvalue weighted by molar-refractivity contribution is 6.30. The largest absolute Gasteiger partial charge is 0.343 e. The number of hydrogen-bond acceptors (Lipinski definition) is 5. The molecule has 5 rings (SSSR count). The summed E-state index contributed by atoms with van der Waals surface area (Å²) in [5.41, 5.74) is 2.29. The van der Waals surface area contributed by atoms with E-state index in [1.165, 1.54) is 0 Å². The van der Waals surface area contributed by atoms with Gasteiger partial charge in [-0.1, -0.05) is 23.7 Å². The van der Waals surface area contributed by atoms with Crippen molar-refractivity contribution in [3.05, 3.63) is 65.2 Å². The molecule has 35 heavy (non-hydrogen) atoms. The van der Waals surface area contributed by atoms with Gasteiger partial charge in [-0.25, -0.2) is 9.97 Å². The molecule has 1 atom stereocenters. The third kappa shape index (κ3) is 5.22. The number of amides is 2. The fourth-order valence-electron chi connectivity index (χ4n) is 5.08. The second-order valence-electron chi connectivity index (χ2n) is 9.37. The zero-order valence-electron chi connectivity index (χ0n) is 19.8. The highest BCUT2D eigenvalue weighted by Crippen LogP contribution is 2.33. The van der Waals surface area contributed by atoms with Gasteiger partial charge in [0.15, 0.2) is 5.82 Å². The van der Waals surface area contributed by atoms with Crippen LogP contribution in [-0.4, -0.2) is 61.0 Å². The molecule has 0 N–H and O–H groups in total. The first kappa shape index (κ1) is 23.5. The number of halogens is 1. The third-order valence-electron chi connectivity index (χ3n) is 7.00. The number of carbonyl (C=O) groups is 2. The van der Waals surface area contributed by atoms with Crippen LogP contribution in [0, 0.1) is 5.92 Å². The average molecular weight is 493 g/mol. The maximum atomic E-state index is 13.4. The Bertz CT molecular complexity index is 1220. The van der Waals surface area contributed by atoms with Crippen LogP contribution in [0.15, 0.2) is 48.9 Å². The lowest BCUT2D eigenvalue weighted by molar-refractivity contribution is -0.130. The molecule has 0 saturated carbocycles. The summed E-state index contributed by atoms with van der Waals surface area (Å²) in [7, 11) is 0. The van der Waals surface area contributed by atoms with Crippen LogP contribution in [-0.2, 0) is 11.3 Å². The Morgan fingerprint density at radius 3 is 2.71 bits per heavy atom. The quantitative estimate of drug-likeness (QED) is 0.532. The summed E-state index contributed by atoms with van der Waals surface area (Å²) < 4.78 is 1.87. The maximum absolute atomic E-state index is 13.4. The first-order valence-corrected chi connectivity index (χ1v) is 12.5. The third-order valence-corrected chi connectivity index (χ3v) is 7.24. The predicted molar refractivity (Wildman–Crippen MR) is 133 cm³/mol. The Morgan fingerprint density at radius 2 is 1.94 bits per heavy atom. The van der Waals surface area contributed by atoms with Gasteiger partial charge in [-0.3, -0.25) is 14.3 Å². The average Bonchev–Trinajstić information content (AvgIpc) is 3.54. The fraction of sp³-hybridized carbons (Fsp3) is 0.423. The first-order valence-electron chi connectivity index (χ1n) is 12.2. The van der Waals surface area contributed by atoms with E-state index in [2.05, 4.69) is 10.1 Å². The molecule has 4 heterocycles. The lowest BCUT2D eigenvalue weighted by Crippen LogP contribution is -2.38. The SMILES string of the molecule is CC(=O)N1CCC(Cn2cc(C(=O)N3CCCC3c3ccnc(-c4cccc(Cl)c4)n3)cn2)CC1. The van der Waals surface area contributed by atoms with Crippen LogP contribution in [0.1, 0.15) is 54.7 Å². The molecule has 1 unspecified atom stereocenters. The number of rotatable bonds is 5. The number of aromatic nitrogens is 4. The molecule has 9 heteroatoms. The Balaban J connectivity index is 1.27. The monoisotopic (exact) mass is 492 g/mol. The van der Waals surface area contributed by atoms with Crippen molar-refractivity contribution in [1.82, 2.24) is 29.5 Å². The van der Waals surface area contributed by atoms with Crippen LogP contribution in [0.2, 0.25) is 5.02 Å². The molecule has 182 valence electrons. The van der Waals surface area contributed by atoms with Gasteiger partial charge in [0.05, 0.1) is 23.5 Å². The van der Waals surface area contributed by atoms with Gasteiger partial charge in [0.2, 0.25) is 5.91 Å². The van der Waals surface area contributed by atoms with Gasteiger partial charge in [0, 0.05) is 56.1 Å². The molecule has 2 aliphatic heterocycles. The summed E-state index contributed by atoms with van der Waals surface area (Å²) >= 11 is 6.14. The van der Waals surface area contributed by atoms with Crippen LogP contribution < -0.4 is 0 Å². The van der Waals surface area contributed by atoms with Gasteiger partial charge in [0.1, 0.15) is 0 Å². The molecule has 0 radical (unpaired) electrons. The smallest absolute Gasteiger partial charge is 0.257 e. The summed E-state index contributed by atoms with van der Waals surface area (Å²) in [6.07, 6.45) is 8.97. The topological polar surface area (TPSA) is 84.2 Å². The van der Waals surface area contributed by atoms with Crippen molar-refractivity contribution < 1.29 is 9.59 Å². The Kier molecular flexibility index (Phi) is 6.81. The molecule has 2 aromatic heterocycles. The number of hydrogen-bond donors (Lipinski definition) is 0. The number of nitrogens with zero attached hydrogens (tertiary/aromatic N) is 6. The van der Waals surface area contributed by atoms with Crippen LogP contribution >= 0.6 is 11.6 Å². The number of carbonyl (C=O) groups excluding carboxylic acids is 2. The molecular weight excluding hydrogens is 464 g/mol. The van der Waals surface area contributed by atoms with Crippen molar-refractivity contribution >= 4 is 23.4 Å². The van der Waals surface area contributed by atoms with E-state index in [1.807, 2.05) is 51.0 Å². The molecule has 3 aromatic rings. The van der Waals surface area contributed by atoms with E-state index in [4.69, 9.17) is 16.6 Å². The van der Waals surface area contributed by atoms with Crippen molar-refractivity contribution in [2.75, 3.05) is 19.6 Å². The molecule has 2 fully saturated rings. The van der Waals surface area contributed by atoms with Gasteiger partial charge in [-0.2, -0.15) is 5.10 Å². The molecular formula is C26H29ClN6O2. The lowest BCUT2D eigenvalue weighted by Gasteiger charge is -2.31. The molecule has 1 aromatic carbocycles. The van der Waals surface area contributed by atoms with E-state index in [0.717, 1.165) is 56.6 Å². The zero-order valence-corrected chi connectivity index (χ0v) is 20.6. The summed E-state index contributed by atoms with van der Waals surface area (Å²) in [5.74, 6) is 1.18. The van der Waals surface area contributed by atoms with Crippen LogP contribution in [0.25, 0.3) is 11.4 Å². The van der Waals surface area contributed by atoms with Gasteiger partial charge >= 0.3 is 0 Å². The summed E-state index contributed by atoms with van der Waals surface area (Å²) in [6.45, 7) is 4.65. The van der Waals surface area contributed by atoms with E-state index in [-0.39, 0.29) is 17.9 Å². The standard InChI is InChI=1S/C26H29ClN6O2/c1-18(34)31-12-8-19(9-13-31)16-32-17-21(15-29-32)26(35)33-11-3-6-24(33)23-7-10-28-25(30-23)20-4-2-5-22(27)14-20/h2,4-5,7,10,14-15,17,19,24H,3,6,8-9,11-13,16H2,1H3. The minimum atomic E-state index is -0.0947. The minimum absolute atomic E-state index is 0.0203. The highest BCUT2D eigenvalue weighted by atomic mass is 35.5. The highest BCUT2D eigenvalue weighted by Gasteiger charge is 2.32. The second kappa shape index (κ2) is 10.2. The predicted octanol–water partition coefficient (Wildman–Crippen LogP) is 4.23. The molecule has 0 spiro atoms. The number of piperidine rings is 1. The molecule has 2 saturated heterocycles. The maximum Gasteiger partial charge on any atom is 0.257 e. The molecule has 8 nitrogen and oxygen atoms in total. The molecule has 0 aliphatic carbocycles. The second-order valence-corrected chi connectivity index (χ2v) is 9.81. The summed E-state index contributed by atoms with van der Waals surface area (Å²) in [6, 6.07) is 9.27. The van der Waals surface area contributed by atoms with Crippen LogP contribution in [0.3, 0.4) is 0 Å². The van der Waals surface area contributed by atoms with E-state index < -0.39 is 0 Å². The number of likely N-dealkylation sites (tertiary alicyclic amines) is 2. The van der Waals surface area contributed by atoms with Crippen LogP contribution in [0.4, 0.5) is 0 Å². The van der Waals surface area contributed by atoms with Crippen molar-refractivity contribution in [2.45, 2.75) is 45.2 Å². The van der Waals surface area contributed by atoms with Gasteiger partial charge < -0.3 is 9.80 Å². The van der Waals surface area contributed by atoms with Crippen molar-refractivity contribution in [3.63, 3.8) is 0 Å².